The molecule has 0 aliphatic carbocycles. The molecule has 0 atom stereocenters. The number of nitrogens with zero attached hydrogens (tertiary/aromatic N) is 3. The molecule has 3 rings (SSSR count). The van der Waals surface area contributed by atoms with E-state index in [1.54, 1.807) is 42.2 Å². The molecule has 0 N–H and O–H groups in total. The average molecular weight is 381 g/mol. The molecular weight excluding hydrogens is 361 g/mol. The quantitative estimate of drug-likeness (QED) is 0.591. The van der Waals surface area contributed by atoms with E-state index in [1.807, 2.05) is 24.4 Å². The van der Waals surface area contributed by atoms with Crippen molar-refractivity contribution >= 4 is 11.9 Å². The Kier molecular flexibility index (Phi) is 6.16. The van der Waals surface area contributed by atoms with Crippen LogP contribution in [-0.4, -0.2) is 40.2 Å². The number of ether oxygens (including phenoxy) is 1. The highest BCUT2D eigenvalue weighted by Crippen LogP contribution is 2.09. The van der Waals surface area contributed by atoms with E-state index < -0.39 is 5.97 Å². The van der Waals surface area contributed by atoms with Crippen molar-refractivity contribution in [3.05, 3.63) is 89.5 Å². The van der Waals surface area contributed by atoms with Gasteiger partial charge in [-0.25, -0.2) is 9.18 Å². The summed E-state index contributed by atoms with van der Waals surface area (Å²) in [7, 11) is 1.60. The third-order valence-corrected chi connectivity index (χ3v) is 4.18. The molecule has 0 radical (unpaired) electrons. The van der Waals surface area contributed by atoms with Gasteiger partial charge < -0.3 is 9.64 Å². The third-order valence-electron chi connectivity index (χ3n) is 4.18. The molecule has 0 aliphatic heterocycles. The number of benzene rings is 2. The summed E-state index contributed by atoms with van der Waals surface area (Å²) in [5, 5.41) is 4.13. The largest absolute Gasteiger partial charge is 0.452 e. The first-order chi connectivity index (χ1) is 13.5. The molecule has 3 aromatic rings. The fourth-order valence-corrected chi connectivity index (χ4v) is 2.60. The summed E-state index contributed by atoms with van der Waals surface area (Å²) < 4.78 is 19.8. The first-order valence-corrected chi connectivity index (χ1v) is 8.73. The lowest BCUT2D eigenvalue weighted by molar-refractivity contribution is -0.133. The summed E-state index contributed by atoms with van der Waals surface area (Å²) in [6.45, 7) is 0.555. The second-order valence-corrected chi connectivity index (χ2v) is 6.35. The highest BCUT2D eigenvalue weighted by Gasteiger charge is 2.14. The minimum Gasteiger partial charge on any atom is -0.452 e. The van der Waals surface area contributed by atoms with Gasteiger partial charge in [0.25, 0.3) is 5.91 Å². The molecule has 144 valence electrons. The van der Waals surface area contributed by atoms with Crippen LogP contribution in [0, 0.1) is 5.82 Å². The Hall–Kier alpha value is -3.48. The molecule has 1 amide bonds. The zero-order valence-corrected chi connectivity index (χ0v) is 15.4. The minimum absolute atomic E-state index is 0.304. The van der Waals surface area contributed by atoms with Gasteiger partial charge in [-0.2, -0.15) is 5.10 Å². The van der Waals surface area contributed by atoms with Crippen LogP contribution in [0.2, 0.25) is 0 Å². The molecule has 0 fully saturated rings. The van der Waals surface area contributed by atoms with Crippen molar-refractivity contribution in [1.82, 2.24) is 14.7 Å². The summed E-state index contributed by atoms with van der Waals surface area (Å²) in [6.07, 6.45) is 3.56. The maximum absolute atomic E-state index is 12.9. The second-order valence-electron chi connectivity index (χ2n) is 6.35. The number of hydrogen-bond donors (Lipinski definition) is 0. The Morgan fingerprint density at radius 3 is 2.39 bits per heavy atom. The molecule has 1 aromatic heterocycles. The number of rotatable bonds is 7. The molecule has 0 unspecified atom stereocenters. The summed E-state index contributed by atoms with van der Waals surface area (Å²) in [5.41, 5.74) is 2.16. The van der Waals surface area contributed by atoms with E-state index in [4.69, 9.17) is 4.74 Å². The van der Waals surface area contributed by atoms with Gasteiger partial charge >= 0.3 is 5.97 Å². The van der Waals surface area contributed by atoms with Gasteiger partial charge in [-0.05, 0) is 41.5 Å². The first-order valence-electron chi connectivity index (χ1n) is 8.73. The van der Waals surface area contributed by atoms with Crippen molar-refractivity contribution in [2.45, 2.75) is 13.1 Å². The van der Waals surface area contributed by atoms with Crippen molar-refractivity contribution in [2.24, 2.45) is 0 Å². The number of aromatic nitrogens is 2. The van der Waals surface area contributed by atoms with Crippen LogP contribution < -0.4 is 0 Å². The molecule has 28 heavy (non-hydrogen) atoms. The van der Waals surface area contributed by atoms with Crippen LogP contribution in [0.25, 0.3) is 0 Å². The predicted molar refractivity (Wildman–Crippen MR) is 101 cm³/mol. The molecule has 0 bridgehead atoms. The molecule has 0 saturated carbocycles. The van der Waals surface area contributed by atoms with Crippen LogP contribution in [0.4, 0.5) is 4.39 Å². The van der Waals surface area contributed by atoms with Crippen molar-refractivity contribution in [1.29, 1.82) is 0 Å². The van der Waals surface area contributed by atoms with E-state index in [2.05, 4.69) is 5.10 Å². The van der Waals surface area contributed by atoms with E-state index in [0.717, 1.165) is 11.1 Å². The number of amides is 1. The van der Waals surface area contributed by atoms with Gasteiger partial charge in [0.2, 0.25) is 0 Å². The van der Waals surface area contributed by atoms with Crippen molar-refractivity contribution in [3.63, 3.8) is 0 Å². The van der Waals surface area contributed by atoms with Gasteiger partial charge in [0.05, 0.1) is 12.1 Å². The molecule has 0 saturated heterocycles. The van der Waals surface area contributed by atoms with Crippen molar-refractivity contribution in [2.75, 3.05) is 13.7 Å². The lowest BCUT2D eigenvalue weighted by Gasteiger charge is -2.17. The van der Waals surface area contributed by atoms with E-state index in [1.165, 1.54) is 17.0 Å². The molecule has 0 aliphatic rings. The van der Waals surface area contributed by atoms with Crippen LogP contribution in [0.15, 0.2) is 67.0 Å². The zero-order valence-electron chi connectivity index (χ0n) is 15.4. The van der Waals surface area contributed by atoms with E-state index in [0.29, 0.717) is 18.7 Å². The molecule has 0 spiro atoms. The van der Waals surface area contributed by atoms with E-state index in [-0.39, 0.29) is 18.3 Å². The summed E-state index contributed by atoms with van der Waals surface area (Å²) in [4.78, 5) is 25.7. The van der Waals surface area contributed by atoms with E-state index >= 15 is 0 Å². The van der Waals surface area contributed by atoms with Gasteiger partial charge in [-0.15, -0.1) is 0 Å². The number of carbonyl (C=O) groups is 2. The average Bonchev–Trinajstić information content (AvgIpc) is 3.21. The van der Waals surface area contributed by atoms with Crippen LogP contribution >= 0.6 is 0 Å². The van der Waals surface area contributed by atoms with Crippen LogP contribution in [0.5, 0.6) is 0 Å². The minimum atomic E-state index is -0.561. The van der Waals surface area contributed by atoms with E-state index in [9.17, 15) is 14.0 Å². The molecule has 7 heteroatoms. The van der Waals surface area contributed by atoms with Crippen molar-refractivity contribution in [3.8, 4) is 0 Å². The Morgan fingerprint density at radius 2 is 1.75 bits per heavy atom. The first kappa shape index (κ1) is 19.3. The highest BCUT2D eigenvalue weighted by atomic mass is 19.1. The van der Waals surface area contributed by atoms with Gasteiger partial charge in [-0.3, -0.25) is 9.48 Å². The summed E-state index contributed by atoms with van der Waals surface area (Å²) >= 11 is 0. The molecule has 1 heterocycles. The third kappa shape index (κ3) is 5.26. The Balaban J connectivity index is 1.48. The monoisotopic (exact) mass is 381 g/mol. The highest BCUT2D eigenvalue weighted by molar-refractivity contribution is 5.91. The van der Waals surface area contributed by atoms with Crippen LogP contribution in [0.3, 0.4) is 0 Å². The number of likely N-dealkylation sites (N-methyl/N-ethyl adjacent to an activating group) is 1. The Bertz CT molecular complexity index is 923. The Morgan fingerprint density at radius 1 is 1.07 bits per heavy atom. The molecular formula is C21H20FN3O3. The maximum atomic E-state index is 12.9. The van der Waals surface area contributed by atoms with Crippen LogP contribution in [0.1, 0.15) is 21.5 Å². The predicted octanol–water partition coefficient (Wildman–Crippen LogP) is 2.89. The standard InChI is InChI=1S/C21H20FN3O3/c1-24(13-16-5-9-19(22)10-6-16)20(26)15-28-21(27)18-7-3-17(4-8-18)14-25-12-2-11-23-25/h2-12H,13-15H2,1H3. The van der Waals surface area contributed by atoms with Crippen LogP contribution in [-0.2, 0) is 22.6 Å². The topological polar surface area (TPSA) is 64.4 Å². The lowest BCUT2D eigenvalue weighted by Crippen LogP contribution is -2.30. The van der Waals surface area contributed by atoms with Gasteiger partial charge in [-0.1, -0.05) is 24.3 Å². The second kappa shape index (κ2) is 8.94. The summed E-state index contributed by atoms with van der Waals surface area (Å²) in [6, 6.07) is 14.7. The van der Waals surface area contributed by atoms with Crippen molar-refractivity contribution < 1.29 is 18.7 Å². The fourth-order valence-electron chi connectivity index (χ4n) is 2.60. The smallest absolute Gasteiger partial charge is 0.338 e. The summed E-state index contributed by atoms with van der Waals surface area (Å²) in [5.74, 6) is -1.23. The van der Waals surface area contributed by atoms with Gasteiger partial charge in [0.15, 0.2) is 6.61 Å². The molecule has 6 nitrogen and oxygen atoms in total. The normalized spacial score (nSPS) is 10.5. The number of hydrogen-bond acceptors (Lipinski definition) is 4. The SMILES string of the molecule is CN(Cc1ccc(F)cc1)C(=O)COC(=O)c1ccc(Cn2cccn2)cc1. The zero-order chi connectivity index (χ0) is 19.9. The molecule has 2 aromatic carbocycles. The fraction of sp³-hybridized carbons (Fsp3) is 0.190. The maximum Gasteiger partial charge on any atom is 0.338 e. The number of halogens is 1. The lowest BCUT2D eigenvalue weighted by atomic mass is 10.1. The van der Waals surface area contributed by atoms with Gasteiger partial charge in [0, 0.05) is 26.0 Å². The number of carbonyl (C=O) groups excluding carboxylic acids is 2. The van der Waals surface area contributed by atoms with Gasteiger partial charge in [0.1, 0.15) is 5.82 Å². The Labute approximate surface area is 162 Å². The number of esters is 1.